The number of aromatic nitrogens is 1. The van der Waals surface area contributed by atoms with Gasteiger partial charge in [0.05, 0.1) is 5.56 Å². The molecule has 19 heavy (non-hydrogen) atoms. The van der Waals surface area contributed by atoms with Crippen LogP contribution in [0.4, 0.5) is 19.0 Å². The first-order valence-electron chi connectivity index (χ1n) is 6.73. The summed E-state index contributed by atoms with van der Waals surface area (Å²) in [5.41, 5.74) is -0.681. The molecule has 2 fully saturated rings. The van der Waals surface area contributed by atoms with E-state index in [0.717, 1.165) is 12.3 Å². The normalized spacial score (nSPS) is 19.8. The summed E-state index contributed by atoms with van der Waals surface area (Å²) in [6.45, 7) is 0. The molecule has 1 heterocycles. The van der Waals surface area contributed by atoms with E-state index >= 15 is 0 Å². The molecule has 0 radical (unpaired) electrons. The van der Waals surface area contributed by atoms with E-state index in [-0.39, 0.29) is 0 Å². The predicted molar refractivity (Wildman–Crippen MR) is 66.9 cm³/mol. The van der Waals surface area contributed by atoms with Crippen molar-refractivity contribution in [3.8, 4) is 0 Å². The Balaban J connectivity index is 1.77. The van der Waals surface area contributed by atoms with Gasteiger partial charge in [-0.05, 0) is 49.7 Å². The fourth-order valence-electron chi connectivity index (χ4n) is 2.81. The fraction of sp³-hybridized carbons (Fsp3) is 0.643. The molecule has 0 atom stereocenters. The Bertz CT molecular complexity index is 435. The number of hydrogen-bond donors (Lipinski definition) is 0. The largest absolute Gasteiger partial charge is 0.417 e. The lowest BCUT2D eigenvalue weighted by atomic mass is 10.1. The van der Waals surface area contributed by atoms with Gasteiger partial charge in [-0.2, -0.15) is 13.2 Å². The van der Waals surface area contributed by atoms with Gasteiger partial charge in [0, 0.05) is 19.3 Å². The highest BCUT2D eigenvalue weighted by Crippen LogP contribution is 2.47. The van der Waals surface area contributed by atoms with E-state index in [1.807, 2.05) is 7.05 Å². The van der Waals surface area contributed by atoms with Crippen molar-refractivity contribution >= 4 is 5.82 Å². The summed E-state index contributed by atoms with van der Waals surface area (Å²) in [4.78, 5) is 6.07. The molecule has 2 nitrogen and oxygen atoms in total. The van der Waals surface area contributed by atoms with Gasteiger partial charge in [0.15, 0.2) is 0 Å². The molecule has 0 aromatic carbocycles. The van der Waals surface area contributed by atoms with Gasteiger partial charge in [-0.1, -0.05) is 0 Å². The fourth-order valence-corrected chi connectivity index (χ4v) is 2.81. The predicted octanol–water partition coefficient (Wildman–Crippen LogP) is 3.73. The number of pyridine rings is 1. The van der Waals surface area contributed by atoms with Crippen LogP contribution in [0.15, 0.2) is 18.3 Å². The van der Waals surface area contributed by atoms with E-state index < -0.39 is 11.7 Å². The molecule has 0 saturated heterocycles. The summed E-state index contributed by atoms with van der Waals surface area (Å²) >= 11 is 0. The van der Waals surface area contributed by atoms with E-state index in [1.165, 1.54) is 31.7 Å². The van der Waals surface area contributed by atoms with Crippen LogP contribution in [-0.2, 0) is 6.18 Å². The lowest BCUT2D eigenvalue weighted by Crippen LogP contribution is -2.36. The molecule has 1 aromatic heterocycles. The third-order valence-electron chi connectivity index (χ3n) is 4.09. The zero-order chi connectivity index (χ0) is 13.6. The Morgan fingerprint density at radius 1 is 1.16 bits per heavy atom. The maximum Gasteiger partial charge on any atom is 0.417 e. The van der Waals surface area contributed by atoms with Crippen molar-refractivity contribution in [2.75, 3.05) is 11.9 Å². The molecule has 0 amide bonds. The lowest BCUT2D eigenvalue weighted by Gasteiger charge is -2.29. The zero-order valence-corrected chi connectivity index (χ0v) is 10.8. The van der Waals surface area contributed by atoms with Crippen LogP contribution in [0.25, 0.3) is 0 Å². The summed E-state index contributed by atoms with van der Waals surface area (Å²) in [6, 6.07) is 3.07. The van der Waals surface area contributed by atoms with Crippen LogP contribution in [0.2, 0.25) is 0 Å². The van der Waals surface area contributed by atoms with E-state index in [9.17, 15) is 13.2 Å². The standard InChI is InChI=1S/C14H17F3N2/c1-19(13(9-2-3-9)10-4-5-10)12-7-6-11(8-18-12)14(15,16)17/h6-10,13H,2-5H2,1H3. The number of hydrogen-bond acceptors (Lipinski definition) is 2. The monoisotopic (exact) mass is 270 g/mol. The van der Waals surface area contributed by atoms with Crippen LogP contribution in [0.1, 0.15) is 31.2 Å². The second-order valence-electron chi connectivity index (χ2n) is 5.68. The van der Waals surface area contributed by atoms with Crippen molar-refractivity contribution in [1.29, 1.82) is 0 Å². The topological polar surface area (TPSA) is 16.1 Å². The molecule has 1 aromatic rings. The second kappa shape index (κ2) is 4.39. The molecule has 0 bridgehead atoms. The highest BCUT2D eigenvalue weighted by Gasteiger charge is 2.44. The average molecular weight is 270 g/mol. The van der Waals surface area contributed by atoms with Crippen molar-refractivity contribution < 1.29 is 13.2 Å². The molecule has 3 rings (SSSR count). The van der Waals surface area contributed by atoms with Gasteiger partial charge in [-0.3, -0.25) is 0 Å². The number of anilines is 1. The smallest absolute Gasteiger partial charge is 0.356 e. The summed E-state index contributed by atoms with van der Waals surface area (Å²) in [7, 11) is 1.96. The van der Waals surface area contributed by atoms with Crippen molar-refractivity contribution in [1.82, 2.24) is 4.98 Å². The van der Waals surface area contributed by atoms with Gasteiger partial charge < -0.3 is 4.90 Å². The molecule has 0 unspecified atom stereocenters. The van der Waals surface area contributed by atoms with Gasteiger partial charge in [0.25, 0.3) is 0 Å². The maximum absolute atomic E-state index is 12.5. The first kappa shape index (κ1) is 12.8. The van der Waals surface area contributed by atoms with Gasteiger partial charge in [0.2, 0.25) is 0 Å². The van der Waals surface area contributed by atoms with Crippen molar-refractivity contribution in [3.05, 3.63) is 23.9 Å². The maximum atomic E-state index is 12.5. The Hall–Kier alpha value is -1.26. The quantitative estimate of drug-likeness (QED) is 0.828. The summed E-state index contributed by atoms with van der Waals surface area (Å²) in [5, 5.41) is 0. The first-order valence-corrected chi connectivity index (χ1v) is 6.73. The minimum absolute atomic E-state index is 0.462. The number of nitrogens with zero attached hydrogens (tertiary/aromatic N) is 2. The number of alkyl halides is 3. The van der Waals surface area contributed by atoms with Crippen molar-refractivity contribution in [3.63, 3.8) is 0 Å². The van der Waals surface area contributed by atoms with Gasteiger partial charge in [-0.25, -0.2) is 4.98 Å². The first-order chi connectivity index (χ1) is 8.97. The molecule has 5 heteroatoms. The van der Waals surface area contributed by atoms with E-state index in [2.05, 4.69) is 9.88 Å². The minimum atomic E-state index is -4.31. The Kier molecular flexibility index (Phi) is 2.95. The molecular formula is C14H17F3N2. The molecule has 2 aliphatic rings. The van der Waals surface area contributed by atoms with Crippen LogP contribution in [0.5, 0.6) is 0 Å². The molecule has 0 N–H and O–H groups in total. The highest BCUT2D eigenvalue weighted by molar-refractivity contribution is 5.41. The van der Waals surface area contributed by atoms with E-state index in [4.69, 9.17) is 0 Å². The average Bonchev–Trinajstić information content (AvgIpc) is 3.22. The lowest BCUT2D eigenvalue weighted by molar-refractivity contribution is -0.137. The van der Waals surface area contributed by atoms with Crippen LogP contribution in [0, 0.1) is 11.8 Å². The molecular weight excluding hydrogens is 253 g/mol. The van der Waals surface area contributed by atoms with Crippen LogP contribution < -0.4 is 4.90 Å². The Morgan fingerprint density at radius 2 is 1.74 bits per heavy atom. The molecule has 0 aliphatic heterocycles. The molecule has 2 aliphatic carbocycles. The molecule has 2 saturated carbocycles. The Morgan fingerprint density at radius 3 is 2.11 bits per heavy atom. The Labute approximate surface area is 110 Å². The van der Waals surface area contributed by atoms with Gasteiger partial charge in [-0.15, -0.1) is 0 Å². The van der Waals surface area contributed by atoms with Gasteiger partial charge >= 0.3 is 6.18 Å². The van der Waals surface area contributed by atoms with E-state index in [0.29, 0.717) is 23.7 Å². The minimum Gasteiger partial charge on any atom is -0.356 e. The van der Waals surface area contributed by atoms with Crippen LogP contribution in [0.3, 0.4) is 0 Å². The number of halogens is 3. The summed E-state index contributed by atoms with van der Waals surface area (Å²) < 4.78 is 37.5. The highest BCUT2D eigenvalue weighted by atomic mass is 19.4. The third kappa shape index (κ3) is 2.69. The van der Waals surface area contributed by atoms with Crippen molar-refractivity contribution in [2.24, 2.45) is 11.8 Å². The van der Waals surface area contributed by atoms with Crippen molar-refractivity contribution in [2.45, 2.75) is 37.9 Å². The van der Waals surface area contributed by atoms with Crippen LogP contribution in [-0.4, -0.2) is 18.1 Å². The number of rotatable bonds is 4. The van der Waals surface area contributed by atoms with Gasteiger partial charge in [0.1, 0.15) is 5.82 Å². The second-order valence-corrected chi connectivity index (χ2v) is 5.68. The SMILES string of the molecule is CN(c1ccc(C(F)(F)F)cn1)C(C1CC1)C1CC1. The van der Waals surface area contributed by atoms with Crippen LogP contribution >= 0.6 is 0 Å². The summed E-state index contributed by atoms with van der Waals surface area (Å²) in [5.74, 6) is 2.07. The third-order valence-corrected chi connectivity index (χ3v) is 4.09. The zero-order valence-electron chi connectivity index (χ0n) is 10.8. The summed E-state index contributed by atoms with van der Waals surface area (Å²) in [6.07, 6.45) is 1.59. The molecule has 104 valence electrons. The molecule has 0 spiro atoms. The van der Waals surface area contributed by atoms with E-state index in [1.54, 1.807) is 0 Å².